The van der Waals surface area contributed by atoms with Gasteiger partial charge < -0.3 is 11.1 Å². The molecule has 1 unspecified atom stereocenters. The van der Waals surface area contributed by atoms with E-state index in [-0.39, 0.29) is 23.9 Å². The van der Waals surface area contributed by atoms with Crippen molar-refractivity contribution in [2.45, 2.75) is 36.4 Å². The molecule has 0 radical (unpaired) electrons. The summed E-state index contributed by atoms with van der Waals surface area (Å²) in [7, 11) is -3.88. The van der Waals surface area contributed by atoms with Crippen LogP contribution in [0.15, 0.2) is 71.9 Å². The molecule has 9 heteroatoms. The van der Waals surface area contributed by atoms with Gasteiger partial charge in [-0.1, -0.05) is 48.5 Å². The van der Waals surface area contributed by atoms with Gasteiger partial charge in [0.05, 0.1) is 18.6 Å². The number of Topliss-reactive ketones (excluding diaryl/α,β-unsaturated/α-hetero) is 1. The molecule has 4 rings (SSSR count). The summed E-state index contributed by atoms with van der Waals surface area (Å²) < 4.78 is 26.8. The van der Waals surface area contributed by atoms with Gasteiger partial charge in [-0.15, -0.1) is 0 Å². The fourth-order valence-electron chi connectivity index (χ4n) is 3.98. The van der Waals surface area contributed by atoms with Crippen molar-refractivity contribution in [1.29, 1.82) is 0 Å². The van der Waals surface area contributed by atoms with Crippen molar-refractivity contribution < 1.29 is 18.0 Å². The van der Waals surface area contributed by atoms with Gasteiger partial charge in [0.2, 0.25) is 5.91 Å². The lowest BCUT2D eigenvalue weighted by Gasteiger charge is -2.20. The Labute approximate surface area is 192 Å². The summed E-state index contributed by atoms with van der Waals surface area (Å²) in [5.74, 6) is -0.791. The number of nitrogens with one attached hydrogen (secondary N) is 1. The Hall–Kier alpha value is -3.14. The van der Waals surface area contributed by atoms with Gasteiger partial charge in [0.25, 0.3) is 10.0 Å². The highest BCUT2D eigenvalue weighted by Crippen LogP contribution is 2.19. The molecular weight excluding hydrogens is 440 g/mol. The maximum Gasteiger partial charge on any atom is 0.260 e. The predicted molar refractivity (Wildman–Crippen MR) is 125 cm³/mol. The van der Waals surface area contributed by atoms with Crippen LogP contribution in [0.1, 0.15) is 18.4 Å². The molecule has 2 heterocycles. The number of nitrogens with two attached hydrogens (primary N) is 1. The number of pyridine rings is 1. The minimum absolute atomic E-state index is 0.0994. The van der Waals surface area contributed by atoms with E-state index in [2.05, 4.69) is 10.3 Å². The third kappa shape index (κ3) is 5.27. The van der Waals surface area contributed by atoms with E-state index < -0.39 is 28.0 Å². The number of aromatic nitrogens is 1. The fourth-order valence-corrected chi connectivity index (χ4v) is 5.35. The Morgan fingerprint density at radius 3 is 2.64 bits per heavy atom. The number of sulfonamides is 1. The summed E-state index contributed by atoms with van der Waals surface area (Å²) in [6, 6.07) is 16.9. The Morgan fingerprint density at radius 1 is 1.12 bits per heavy atom. The van der Waals surface area contributed by atoms with E-state index in [1.807, 2.05) is 42.5 Å². The second kappa shape index (κ2) is 9.78. The third-order valence-electron chi connectivity index (χ3n) is 5.79. The van der Waals surface area contributed by atoms with E-state index in [9.17, 15) is 18.0 Å². The van der Waals surface area contributed by atoms with Crippen molar-refractivity contribution in [2.75, 3.05) is 13.1 Å². The molecule has 1 fully saturated rings. The van der Waals surface area contributed by atoms with Crippen molar-refractivity contribution in [3.63, 3.8) is 0 Å². The van der Waals surface area contributed by atoms with Crippen LogP contribution in [0.2, 0.25) is 0 Å². The van der Waals surface area contributed by atoms with Gasteiger partial charge in [0.1, 0.15) is 0 Å². The van der Waals surface area contributed by atoms with Gasteiger partial charge in [0.15, 0.2) is 10.8 Å². The molecule has 33 heavy (non-hydrogen) atoms. The summed E-state index contributed by atoms with van der Waals surface area (Å²) in [5.41, 5.74) is 7.06. The Morgan fingerprint density at radius 2 is 1.88 bits per heavy atom. The molecule has 0 aliphatic carbocycles. The van der Waals surface area contributed by atoms with Gasteiger partial charge in [-0.05, 0) is 47.7 Å². The number of benzene rings is 2. The lowest BCUT2D eigenvalue weighted by molar-refractivity contribution is -0.128. The number of hydrogen-bond donors (Lipinski definition) is 2. The summed E-state index contributed by atoms with van der Waals surface area (Å²) in [6.07, 6.45) is 2.51. The first kappa shape index (κ1) is 23.0. The fraction of sp³-hybridized carbons (Fsp3) is 0.292. The second-order valence-electron chi connectivity index (χ2n) is 8.17. The minimum Gasteiger partial charge on any atom is -0.345 e. The van der Waals surface area contributed by atoms with Crippen LogP contribution in [-0.4, -0.2) is 54.6 Å². The van der Waals surface area contributed by atoms with Crippen molar-refractivity contribution >= 4 is 32.5 Å². The summed E-state index contributed by atoms with van der Waals surface area (Å²) >= 11 is 0. The standard InChI is InChI=1S/C24H26N4O4S/c25-20(15-17-10-11-18-6-1-2-7-19(18)14-17)24(30)27-21-8-5-13-28(16-22(21)29)33(31,32)23-9-3-4-12-26-23/h1-4,6-7,9-12,14,20-21H,5,8,13,15-16,25H2,(H,27,30)/t20-,21?/m0/s1. The Kier molecular flexibility index (Phi) is 6.83. The van der Waals surface area contributed by atoms with E-state index in [0.29, 0.717) is 19.3 Å². The average Bonchev–Trinajstić information content (AvgIpc) is 3.01. The van der Waals surface area contributed by atoms with Crippen LogP contribution in [-0.2, 0) is 26.0 Å². The Bertz CT molecular complexity index is 1260. The lowest BCUT2D eigenvalue weighted by Crippen LogP contribution is -2.50. The second-order valence-corrected chi connectivity index (χ2v) is 10.1. The SMILES string of the molecule is N[C@@H](Cc1ccc2ccccc2c1)C(=O)NC1CCCN(S(=O)(=O)c2ccccn2)CC1=O. The van der Waals surface area contributed by atoms with Gasteiger partial charge in [-0.3, -0.25) is 9.59 Å². The molecule has 0 saturated carbocycles. The van der Waals surface area contributed by atoms with Crippen LogP contribution in [0, 0.1) is 0 Å². The number of carbonyl (C=O) groups is 2. The molecule has 2 atom stereocenters. The molecule has 1 aliphatic heterocycles. The highest BCUT2D eigenvalue weighted by atomic mass is 32.2. The topological polar surface area (TPSA) is 122 Å². The van der Waals surface area contributed by atoms with E-state index in [1.165, 1.54) is 12.3 Å². The van der Waals surface area contributed by atoms with Gasteiger partial charge >= 0.3 is 0 Å². The number of ketones is 1. The number of amides is 1. The molecule has 8 nitrogen and oxygen atoms in total. The molecule has 3 N–H and O–H groups in total. The number of nitrogens with zero attached hydrogens (tertiary/aromatic N) is 2. The molecule has 1 aromatic heterocycles. The largest absolute Gasteiger partial charge is 0.345 e. The van der Waals surface area contributed by atoms with E-state index in [4.69, 9.17) is 5.73 Å². The smallest absolute Gasteiger partial charge is 0.260 e. The summed E-state index contributed by atoms with van der Waals surface area (Å²) in [6.45, 7) is -0.135. The van der Waals surface area contributed by atoms with Crippen molar-refractivity contribution in [3.05, 3.63) is 72.4 Å². The average molecular weight is 467 g/mol. The quantitative estimate of drug-likeness (QED) is 0.570. The molecule has 0 spiro atoms. The zero-order valence-corrected chi connectivity index (χ0v) is 18.9. The lowest BCUT2D eigenvalue weighted by atomic mass is 10.0. The normalized spacial score (nSPS) is 18.6. The molecule has 0 bridgehead atoms. The molecule has 1 saturated heterocycles. The van der Waals surface area contributed by atoms with Gasteiger partial charge in [-0.25, -0.2) is 13.4 Å². The van der Waals surface area contributed by atoms with Gasteiger partial charge in [0, 0.05) is 12.7 Å². The molecule has 1 aliphatic rings. The van der Waals surface area contributed by atoms with Crippen molar-refractivity contribution in [1.82, 2.24) is 14.6 Å². The van der Waals surface area contributed by atoms with Crippen LogP contribution in [0.5, 0.6) is 0 Å². The molecule has 1 amide bonds. The van der Waals surface area contributed by atoms with Crippen LogP contribution < -0.4 is 11.1 Å². The third-order valence-corrected chi connectivity index (χ3v) is 7.55. The van der Waals surface area contributed by atoms with Crippen molar-refractivity contribution in [3.8, 4) is 0 Å². The molecule has 2 aromatic carbocycles. The maximum atomic E-state index is 12.8. The van der Waals surface area contributed by atoms with E-state index >= 15 is 0 Å². The maximum absolute atomic E-state index is 12.8. The van der Waals surface area contributed by atoms with E-state index in [0.717, 1.165) is 20.6 Å². The summed E-state index contributed by atoms with van der Waals surface area (Å²) in [4.78, 5) is 29.4. The van der Waals surface area contributed by atoms with Gasteiger partial charge in [-0.2, -0.15) is 4.31 Å². The number of rotatable bonds is 6. The Balaban J connectivity index is 1.39. The highest BCUT2D eigenvalue weighted by Gasteiger charge is 2.34. The van der Waals surface area contributed by atoms with Crippen LogP contribution in [0.3, 0.4) is 0 Å². The molecular formula is C24H26N4O4S. The number of carbonyl (C=O) groups excluding carboxylic acids is 2. The minimum atomic E-state index is -3.88. The molecule has 172 valence electrons. The van der Waals surface area contributed by atoms with Crippen molar-refractivity contribution in [2.24, 2.45) is 5.73 Å². The van der Waals surface area contributed by atoms with Crippen LogP contribution in [0.4, 0.5) is 0 Å². The summed E-state index contributed by atoms with van der Waals surface area (Å²) in [5, 5.41) is 4.80. The molecule has 3 aromatic rings. The first-order chi connectivity index (χ1) is 15.8. The highest BCUT2D eigenvalue weighted by molar-refractivity contribution is 7.89. The van der Waals surface area contributed by atoms with Crippen LogP contribution >= 0.6 is 0 Å². The monoisotopic (exact) mass is 466 g/mol. The first-order valence-electron chi connectivity index (χ1n) is 10.8. The zero-order valence-electron chi connectivity index (χ0n) is 18.1. The predicted octanol–water partition coefficient (Wildman–Crippen LogP) is 1.64. The zero-order chi connectivity index (χ0) is 23.4. The number of hydrogen-bond acceptors (Lipinski definition) is 6. The van der Waals surface area contributed by atoms with E-state index in [1.54, 1.807) is 12.1 Å². The van der Waals surface area contributed by atoms with Crippen LogP contribution in [0.25, 0.3) is 10.8 Å². The first-order valence-corrected chi connectivity index (χ1v) is 12.3. The number of fused-ring (bicyclic) bond motifs is 1.